The van der Waals surface area contributed by atoms with Crippen LogP contribution in [0.15, 0.2) is 66.7 Å². The minimum Gasteiger partial charge on any atom is -0.357 e. The Morgan fingerprint density at radius 1 is 0.833 bits per heavy atom. The zero-order chi connectivity index (χ0) is 15.9. The van der Waals surface area contributed by atoms with Crippen molar-refractivity contribution in [1.29, 1.82) is 0 Å². The normalized spacial score (nSPS) is 15.0. The highest BCUT2D eigenvalue weighted by atomic mass is 15.1. The number of aromatic amines is 1. The van der Waals surface area contributed by atoms with E-state index in [1.807, 2.05) is 0 Å². The molecule has 2 heterocycles. The van der Waals surface area contributed by atoms with E-state index in [0.717, 1.165) is 26.1 Å². The van der Waals surface area contributed by atoms with Crippen molar-refractivity contribution in [1.82, 2.24) is 9.88 Å². The summed E-state index contributed by atoms with van der Waals surface area (Å²) in [6, 6.07) is 24.0. The van der Waals surface area contributed by atoms with Crippen molar-refractivity contribution >= 4 is 21.7 Å². The second kappa shape index (κ2) is 5.50. The van der Waals surface area contributed by atoms with Crippen LogP contribution in [0.2, 0.25) is 0 Å². The van der Waals surface area contributed by atoms with Crippen molar-refractivity contribution in [3.8, 4) is 0 Å². The van der Waals surface area contributed by atoms with Crippen molar-refractivity contribution < 1.29 is 0 Å². The SMILES string of the molecule is c1ccc2c(CN3CCc4c([nH]c5ccccc45)C3)cccc2c1. The third kappa shape index (κ3) is 2.22. The lowest BCUT2D eigenvalue weighted by molar-refractivity contribution is 0.244. The first-order chi connectivity index (χ1) is 11.9. The standard InChI is InChI=1S/C22H20N2/c1-2-9-18-16(6-1)7-5-8-17(18)14-24-13-12-20-19-10-3-4-11-21(19)23-22(20)15-24/h1-11,23H,12-15H2. The molecule has 4 aromatic rings. The molecular formula is C22H20N2. The summed E-state index contributed by atoms with van der Waals surface area (Å²) in [6.45, 7) is 3.14. The highest BCUT2D eigenvalue weighted by Crippen LogP contribution is 2.29. The van der Waals surface area contributed by atoms with E-state index in [2.05, 4.69) is 76.6 Å². The van der Waals surface area contributed by atoms with Crippen LogP contribution in [-0.2, 0) is 19.5 Å². The van der Waals surface area contributed by atoms with Gasteiger partial charge in [-0.3, -0.25) is 4.90 Å². The molecule has 2 heteroatoms. The molecule has 118 valence electrons. The summed E-state index contributed by atoms with van der Waals surface area (Å²) >= 11 is 0. The molecule has 0 atom stereocenters. The Hall–Kier alpha value is -2.58. The maximum atomic E-state index is 3.63. The molecule has 5 rings (SSSR count). The molecule has 3 aromatic carbocycles. The van der Waals surface area contributed by atoms with Crippen LogP contribution in [0.3, 0.4) is 0 Å². The second-order valence-electron chi connectivity index (χ2n) is 6.73. The molecule has 0 unspecified atom stereocenters. The van der Waals surface area contributed by atoms with Crippen LogP contribution >= 0.6 is 0 Å². The van der Waals surface area contributed by atoms with Crippen LogP contribution in [0, 0.1) is 0 Å². The van der Waals surface area contributed by atoms with E-state index in [4.69, 9.17) is 0 Å². The Balaban J connectivity index is 1.47. The van der Waals surface area contributed by atoms with Gasteiger partial charge in [0.2, 0.25) is 0 Å². The summed E-state index contributed by atoms with van der Waals surface area (Å²) in [7, 11) is 0. The van der Waals surface area contributed by atoms with Crippen LogP contribution in [0.4, 0.5) is 0 Å². The third-order valence-electron chi connectivity index (χ3n) is 5.24. The topological polar surface area (TPSA) is 19.0 Å². The quantitative estimate of drug-likeness (QED) is 0.559. The molecule has 0 saturated heterocycles. The van der Waals surface area contributed by atoms with Gasteiger partial charge < -0.3 is 4.98 Å². The minimum absolute atomic E-state index is 1.01. The molecule has 24 heavy (non-hydrogen) atoms. The van der Waals surface area contributed by atoms with Crippen LogP contribution in [-0.4, -0.2) is 16.4 Å². The van der Waals surface area contributed by atoms with E-state index in [1.54, 1.807) is 0 Å². The van der Waals surface area contributed by atoms with E-state index in [1.165, 1.54) is 38.5 Å². The molecule has 0 fully saturated rings. The molecule has 1 aliphatic rings. The van der Waals surface area contributed by atoms with Gasteiger partial charge in [-0.05, 0) is 34.4 Å². The highest BCUT2D eigenvalue weighted by molar-refractivity contribution is 5.86. The molecular weight excluding hydrogens is 292 g/mol. The fraction of sp³-hybridized carbons (Fsp3) is 0.182. The van der Waals surface area contributed by atoms with Crippen molar-refractivity contribution in [2.24, 2.45) is 0 Å². The Bertz CT molecular complexity index is 1020. The summed E-state index contributed by atoms with van der Waals surface area (Å²) in [5.41, 5.74) is 5.60. The second-order valence-corrected chi connectivity index (χ2v) is 6.73. The van der Waals surface area contributed by atoms with Gasteiger partial charge in [-0.25, -0.2) is 0 Å². The number of hydrogen-bond donors (Lipinski definition) is 1. The van der Waals surface area contributed by atoms with Crippen LogP contribution < -0.4 is 0 Å². The van der Waals surface area contributed by atoms with E-state index in [9.17, 15) is 0 Å². The lowest BCUT2D eigenvalue weighted by Gasteiger charge is -2.27. The number of hydrogen-bond acceptors (Lipinski definition) is 1. The summed E-state index contributed by atoms with van der Waals surface area (Å²) in [6.07, 6.45) is 1.13. The van der Waals surface area contributed by atoms with Crippen LogP contribution in [0.1, 0.15) is 16.8 Å². The molecule has 0 radical (unpaired) electrons. The first kappa shape index (κ1) is 13.8. The Morgan fingerprint density at radius 2 is 1.62 bits per heavy atom. The molecule has 0 amide bonds. The summed E-state index contributed by atoms with van der Waals surface area (Å²) in [5, 5.41) is 4.11. The predicted octanol–water partition coefficient (Wildman–Crippen LogP) is 4.88. The molecule has 0 saturated carbocycles. The van der Waals surface area contributed by atoms with Crippen molar-refractivity contribution in [2.45, 2.75) is 19.5 Å². The average Bonchev–Trinajstić information content (AvgIpc) is 3.00. The summed E-state index contributed by atoms with van der Waals surface area (Å²) in [4.78, 5) is 6.18. The zero-order valence-electron chi connectivity index (χ0n) is 13.6. The molecule has 2 nitrogen and oxygen atoms in total. The van der Waals surface area contributed by atoms with Gasteiger partial charge in [0.1, 0.15) is 0 Å². The van der Waals surface area contributed by atoms with Gasteiger partial charge in [-0.15, -0.1) is 0 Å². The lowest BCUT2D eigenvalue weighted by atomic mass is 10.0. The van der Waals surface area contributed by atoms with Gasteiger partial charge in [0.25, 0.3) is 0 Å². The van der Waals surface area contributed by atoms with Gasteiger partial charge in [0.05, 0.1) is 0 Å². The first-order valence-corrected chi connectivity index (χ1v) is 8.66. The Morgan fingerprint density at radius 3 is 2.58 bits per heavy atom. The largest absolute Gasteiger partial charge is 0.357 e. The number of rotatable bonds is 2. The van der Waals surface area contributed by atoms with Crippen LogP contribution in [0.25, 0.3) is 21.7 Å². The fourth-order valence-corrected chi connectivity index (χ4v) is 4.06. The smallest absolute Gasteiger partial charge is 0.0459 e. The Labute approximate surface area is 141 Å². The number of fused-ring (bicyclic) bond motifs is 4. The van der Waals surface area contributed by atoms with Gasteiger partial charge in [0, 0.05) is 36.2 Å². The van der Waals surface area contributed by atoms with Crippen molar-refractivity contribution in [3.63, 3.8) is 0 Å². The summed E-state index contributed by atoms with van der Waals surface area (Å²) < 4.78 is 0. The molecule has 0 bridgehead atoms. The van der Waals surface area contributed by atoms with E-state index < -0.39 is 0 Å². The Kier molecular flexibility index (Phi) is 3.17. The third-order valence-corrected chi connectivity index (χ3v) is 5.24. The van der Waals surface area contributed by atoms with E-state index >= 15 is 0 Å². The summed E-state index contributed by atoms with van der Waals surface area (Å²) in [5.74, 6) is 0. The maximum Gasteiger partial charge on any atom is 0.0459 e. The molecule has 0 aliphatic carbocycles. The molecule has 0 spiro atoms. The van der Waals surface area contributed by atoms with E-state index in [-0.39, 0.29) is 0 Å². The minimum atomic E-state index is 1.01. The number of para-hydroxylation sites is 1. The van der Waals surface area contributed by atoms with Gasteiger partial charge in [-0.2, -0.15) is 0 Å². The first-order valence-electron chi connectivity index (χ1n) is 8.66. The molecule has 1 aromatic heterocycles. The highest BCUT2D eigenvalue weighted by Gasteiger charge is 2.20. The van der Waals surface area contributed by atoms with Gasteiger partial charge >= 0.3 is 0 Å². The van der Waals surface area contributed by atoms with E-state index in [0.29, 0.717) is 0 Å². The zero-order valence-corrected chi connectivity index (χ0v) is 13.6. The fourth-order valence-electron chi connectivity index (χ4n) is 4.06. The monoisotopic (exact) mass is 312 g/mol. The van der Waals surface area contributed by atoms with Crippen LogP contribution in [0.5, 0.6) is 0 Å². The van der Waals surface area contributed by atoms with Gasteiger partial charge in [-0.1, -0.05) is 60.7 Å². The number of benzene rings is 3. The lowest BCUT2D eigenvalue weighted by Crippen LogP contribution is -2.29. The number of H-pyrrole nitrogens is 1. The maximum absolute atomic E-state index is 3.63. The predicted molar refractivity (Wildman–Crippen MR) is 100 cm³/mol. The van der Waals surface area contributed by atoms with Crippen molar-refractivity contribution in [3.05, 3.63) is 83.6 Å². The number of nitrogens with one attached hydrogen (secondary N) is 1. The number of aromatic nitrogens is 1. The number of nitrogens with zero attached hydrogens (tertiary/aromatic N) is 1. The molecule has 1 aliphatic heterocycles. The average molecular weight is 312 g/mol. The van der Waals surface area contributed by atoms with Crippen molar-refractivity contribution in [2.75, 3.05) is 6.54 Å². The van der Waals surface area contributed by atoms with Gasteiger partial charge in [0.15, 0.2) is 0 Å². The molecule has 1 N–H and O–H groups in total.